The van der Waals surface area contributed by atoms with E-state index >= 15 is 0 Å². The molecule has 0 atom stereocenters. The lowest BCUT2D eigenvalue weighted by Gasteiger charge is -2.07. The molecule has 2 aromatic heterocycles. The van der Waals surface area contributed by atoms with Crippen molar-refractivity contribution in [2.24, 2.45) is 0 Å². The van der Waals surface area contributed by atoms with Gasteiger partial charge in [0, 0.05) is 11.1 Å². The summed E-state index contributed by atoms with van der Waals surface area (Å²) in [5, 5.41) is 15.1. The Morgan fingerprint density at radius 3 is 1.70 bits per heavy atom. The van der Waals surface area contributed by atoms with Gasteiger partial charge in [-0.05, 0) is 61.2 Å². The summed E-state index contributed by atoms with van der Waals surface area (Å²) in [6.07, 6.45) is 4.09. The van der Waals surface area contributed by atoms with E-state index in [0.29, 0.717) is 11.8 Å². The van der Waals surface area contributed by atoms with Gasteiger partial charge in [-0.25, -0.2) is 0 Å². The topological polar surface area (TPSA) is 146 Å². The first-order valence-electron chi connectivity index (χ1n) is 10.7. The van der Waals surface area contributed by atoms with Crippen LogP contribution in [0.4, 0.5) is 0 Å². The fourth-order valence-corrected chi connectivity index (χ4v) is 3.10. The number of benzene rings is 3. The molecule has 186 valence electrons. The van der Waals surface area contributed by atoms with E-state index in [2.05, 4.69) is 63.7 Å². The SMILES string of the molecule is Cc1ccc(-c2nnco2)cc1.Cc1ccc(-c2nnco2)cc1Cc1ccccc1.O=C=O.O=C=O. The predicted molar refractivity (Wildman–Crippen MR) is 128 cm³/mol. The highest BCUT2D eigenvalue weighted by Crippen LogP contribution is 2.22. The van der Waals surface area contributed by atoms with Gasteiger partial charge in [-0.3, -0.25) is 0 Å². The Kier molecular flexibility index (Phi) is 11.8. The molecule has 5 aromatic rings. The van der Waals surface area contributed by atoms with Crippen LogP contribution in [0.5, 0.6) is 0 Å². The second kappa shape index (κ2) is 15.6. The molecule has 2 heterocycles. The van der Waals surface area contributed by atoms with Crippen LogP contribution in [0, 0.1) is 13.8 Å². The molecule has 0 spiro atoms. The maximum absolute atomic E-state index is 8.12. The van der Waals surface area contributed by atoms with Crippen molar-refractivity contribution in [3.8, 4) is 22.9 Å². The molecule has 10 nitrogen and oxygen atoms in total. The second-order valence-electron chi connectivity index (χ2n) is 7.32. The van der Waals surface area contributed by atoms with E-state index in [0.717, 1.165) is 17.5 Å². The number of carbonyl (C=O) groups excluding carboxylic acids is 4. The largest absolute Gasteiger partial charge is 0.423 e. The minimum atomic E-state index is 0.250. The summed E-state index contributed by atoms with van der Waals surface area (Å²) < 4.78 is 10.3. The first-order valence-corrected chi connectivity index (χ1v) is 10.7. The maximum Gasteiger partial charge on any atom is 0.373 e. The Hall–Kier alpha value is -5.30. The average Bonchev–Trinajstić information content (AvgIpc) is 3.63. The average molecular weight is 498 g/mol. The van der Waals surface area contributed by atoms with Crippen molar-refractivity contribution in [2.75, 3.05) is 0 Å². The number of hydrogen-bond acceptors (Lipinski definition) is 10. The predicted octanol–water partition coefficient (Wildman–Crippen LogP) is 4.51. The van der Waals surface area contributed by atoms with Crippen molar-refractivity contribution < 1.29 is 28.0 Å². The van der Waals surface area contributed by atoms with Gasteiger partial charge in [0.1, 0.15) is 0 Å². The standard InChI is InChI=1S/C16H14N2O.C9H8N2O.2CO2/c1-12-7-8-14(16-18-17-11-19-16)10-15(12)9-13-5-3-2-4-6-13;1-7-2-4-8(5-3-7)9-11-10-6-12-9;2*2-1-3/h2-8,10-11H,9H2,1H3;2-6H,1H3;;. The summed E-state index contributed by atoms with van der Waals surface area (Å²) in [6, 6.07) is 24.6. The maximum atomic E-state index is 8.12. The van der Waals surface area contributed by atoms with E-state index in [1.54, 1.807) is 0 Å². The fraction of sp³-hybridized carbons (Fsp3) is 0.111. The van der Waals surface area contributed by atoms with E-state index in [-0.39, 0.29) is 12.3 Å². The van der Waals surface area contributed by atoms with Gasteiger partial charge in [-0.1, -0.05) is 54.1 Å². The molecule has 3 aromatic carbocycles. The van der Waals surface area contributed by atoms with Gasteiger partial charge >= 0.3 is 12.3 Å². The van der Waals surface area contributed by atoms with Crippen molar-refractivity contribution in [3.63, 3.8) is 0 Å². The minimum absolute atomic E-state index is 0.250. The summed E-state index contributed by atoms with van der Waals surface area (Å²) in [4.78, 5) is 32.5. The van der Waals surface area contributed by atoms with Crippen LogP contribution in [-0.2, 0) is 25.6 Å². The van der Waals surface area contributed by atoms with Crippen molar-refractivity contribution >= 4 is 12.3 Å². The molecular formula is C27H22N4O6. The van der Waals surface area contributed by atoms with Crippen molar-refractivity contribution in [2.45, 2.75) is 20.3 Å². The number of aromatic nitrogens is 4. The molecule has 0 N–H and O–H groups in total. The van der Waals surface area contributed by atoms with E-state index < -0.39 is 0 Å². The Morgan fingerprint density at radius 1 is 0.676 bits per heavy atom. The molecule has 5 rings (SSSR count). The lowest BCUT2D eigenvalue weighted by molar-refractivity contribution is -0.193. The monoisotopic (exact) mass is 498 g/mol. The van der Waals surface area contributed by atoms with Crippen LogP contribution in [0.15, 0.2) is 94.4 Å². The third kappa shape index (κ3) is 9.46. The van der Waals surface area contributed by atoms with Crippen LogP contribution in [-0.4, -0.2) is 32.7 Å². The first-order chi connectivity index (χ1) is 18.0. The van der Waals surface area contributed by atoms with Gasteiger partial charge in [-0.15, -0.1) is 20.4 Å². The Balaban J connectivity index is 0.000000229. The summed E-state index contributed by atoms with van der Waals surface area (Å²) in [5.41, 5.74) is 6.99. The van der Waals surface area contributed by atoms with E-state index in [1.807, 2.05) is 43.3 Å². The zero-order chi connectivity index (χ0) is 26.9. The number of aryl methyl sites for hydroxylation is 2. The van der Waals surface area contributed by atoms with Gasteiger partial charge in [0.25, 0.3) is 0 Å². The quantitative estimate of drug-likeness (QED) is 0.347. The lowest BCUT2D eigenvalue weighted by atomic mass is 9.98. The molecule has 0 aliphatic carbocycles. The van der Waals surface area contributed by atoms with Crippen LogP contribution in [0.2, 0.25) is 0 Å². The molecule has 37 heavy (non-hydrogen) atoms. The molecule has 0 bridgehead atoms. The smallest absolute Gasteiger partial charge is 0.373 e. The van der Waals surface area contributed by atoms with Crippen LogP contribution in [0.25, 0.3) is 22.9 Å². The van der Waals surface area contributed by atoms with Crippen molar-refractivity contribution in [1.82, 2.24) is 20.4 Å². The number of hydrogen-bond donors (Lipinski definition) is 0. The minimum Gasteiger partial charge on any atom is -0.423 e. The molecule has 0 amide bonds. The van der Waals surface area contributed by atoms with Crippen LogP contribution >= 0.6 is 0 Å². The number of nitrogens with zero attached hydrogens (tertiary/aromatic N) is 4. The summed E-state index contributed by atoms with van der Waals surface area (Å²) in [5.74, 6) is 1.13. The first kappa shape index (κ1) is 27.9. The van der Waals surface area contributed by atoms with Crippen molar-refractivity contribution in [3.05, 3.63) is 108 Å². The Labute approximate surface area is 212 Å². The molecule has 0 saturated heterocycles. The molecule has 0 aliphatic rings. The van der Waals surface area contributed by atoms with Gasteiger partial charge in [0.2, 0.25) is 24.6 Å². The van der Waals surface area contributed by atoms with E-state index in [9.17, 15) is 0 Å². The zero-order valence-corrected chi connectivity index (χ0v) is 20.0. The summed E-state index contributed by atoms with van der Waals surface area (Å²) >= 11 is 0. The van der Waals surface area contributed by atoms with Crippen molar-refractivity contribution in [1.29, 1.82) is 0 Å². The number of rotatable bonds is 4. The van der Waals surface area contributed by atoms with Gasteiger partial charge in [0.05, 0.1) is 0 Å². The molecule has 10 heteroatoms. The fourth-order valence-electron chi connectivity index (χ4n) is 3.10. The van der Waals surface area contributed by atoms with Crippen LogP contribution < -0.4 is 0 Å². The molecule has 0 aliphatic heterocycles. The lowest BCUT2D eigenvalue weighted by Crippen LogP contribution is -1.93. The van der Waals surface area contributed by atoms with Gasteiger partial charge < -0.3 is 8.83 Å². The molecule has 0 fully saturated rings. The van der Waals surface area contributed by atoms with Crippen LogP contribution in [0.1, 0.15) is 22.3 Å². The molecule has 0 unspecified atom stereocenters. The second-order valence-corrected chi connectivity index (χ2v) is 7.32. The van der Waals surface area contributed by atoms with E-state index in [1.165, 1.54) is 35.0 Å². The normalized spacial score (nSPS) is 9.14. The van der Waals surface area contributed by atoms with Gasteiger partial charge in [0.15, 0.2) is 0 Å². The van der Waals surface area contributed by atoms with Crippen LogP contribution in [0.3, 0.4) is 0 Å². The Bertz CT molecular complexity index is 1380. The summed E-state index contributed by atoms with van der Waals surface area (Å²) in [6.45, 7) is 4.16. The summed E-state index contributed by atoms with van der Waals surface area (Å²) in [7, 11) is 0. The molecular weight excluding hydrogens is 476 g/mol. The van der Waals surface area contributed by atoms with Gasteiger partial charge in [-0.2, -0.15) is 19.2 Å². The third-order valence-corrected chi connectivity index (χ3v) is 4.85. The highest BCUT2D eigenvalue weighted by atomic mass is 16.4. The third-order valence-electron chi connectivity index (χ3n) is 4.85. The highest BCUT2D eigenvalue weighted by Gasteiger charge is 2.07. The molecule has 0 radical (unpaired) electrons. The Morgan fingerprint density at radius 2 is 1.19 bits per heavy atom. The molecule has 0 saturated carbocycles. The zero-order valence-electron chi connectivity index (χ0n) is 20.0. The van der Waals surface area contributed by atoms with E-state index in [4.69, 9.17) is 28.0 Å². The highest BCUT2D eigenvalue weighted by molar-refractivity contribution is 5.56.